The molecule has 0 fully saturated rings. The molecule has 0 saturated carbocycles. The maximum Gasteiger partial charge on any atom is 0.271 e. The molecular formula is C14H17N3OS2. The standard InChI is InChI=1S/C14H17N3OS2/c1-4-10(12-9(2)6-5-7-15-12)16-13(18)11-8-20-14(17-11)19-3/h5-8,10H,4H2,1-3H3,(H,16,18). The molecule has 0 saturated heterocycles. The van der Waals surface area contributed by atoms with Crippen LogP contribution >= 0.6 is 23.1 Å². The average molecular weight is 307 g/mol. The van der Waals surface area contributed by atoms with Crippen molar-refractivity contribution in [2.75, 3.05) is 6.26 Å². The number of amides is 1. The lowest BCUT2D eigenvalue weighted by molar-refractivity contribution is 0.0930. The largest absolute Gasteiger partial charge is 0.342 e. The van der Waals surface area contributed by atoms with Gasteiger partial charge in [0.1, 0.15) is 10.0 Å². The van der Waals surface area contributed by atoms with Gasteiger partial charge in [-0.15, -0.1) is 11.3 Å². The lowest BCUT2D eigenvalue weighted by atomic mass is 10.1. The highest BCUT2D eigenvalue weighted by Gasteiger charge is 2.18. The van der Waals surface area contributed by atoms with Crippen molar-refractivity contribution in [3.63, 3.8) is 0 Å². The first kappa shape index (κ1) is 15.0. The van der Waals surface area contributed by atoms with Crippen LogP contribution in [0, 0.1) is 6.92 Å². The van der Waals surface area contributed by atoms with Crippen LogP contribution in [-0.2, 0) is 0 Å². The first-order chi connectivity index (χ1) is 9.65. The minimum absolute atomic E-state index is 0.0804. The van der Waals surface area contributed by atoms with Crippen molar-refractivity contribution in [1.82, 2.24) is 15.3 Å². The number of thiazole rings is 1. The third kappa shape index (κ3) is 3.37. The lowest BCUT2D eigenvalue weighted by Gasteiger charge is -2.17. The van der Waals surface area contributed by atoms with Gasteiger partial charge in [-0.1, -0.05) is 24.8 Å². The number of thioether (sulfide) groups is 1. The number of carbonyl (C=O) groups is 1. The number of aryl methyl sites for hydroxylation is 1. The van der Waals surface area contributed by atoms with Crippen molar-refractivity contribution >= 4 is 29.0 Å². The van der Waals surface area contributed by atoms with Gasteiger partial charge < -0.3 is 5.32 Å². The average Bonchev–Trinajstić information content (AvgIpc) is 2.94. The predicted octanol–water partition coefficient (Wildman–Crippen LogP) is 3.45. The molecule has 0 aliphatic rings. The minimum atomic E-state index is -0.140. The highest BCUT2D eigenvalue weighted by molar-refractivity contribution is 8.00. The van der Waals surface area contributed by atoms with E-state index in [9.17, 15) is 4.79 Å². The molecule has 0 aromatic carbocycles. The maximum atomic E-state index is 12.2. The number of hydrogen-bond donors (Lipinski definition) is 1. The van der Waals surface area contributed by atoms with E-state index in [1.165, 1.54) is 11.3 Å². The van der Waals surface area contributed by atoms with Gasteiger partial charge in [0.05, 0.1) is 11.7 Å². The Morgan fingerprint density at radius 3 is 2.95 bits per heavy atom. The summed E-state index contributed by atoms with van der Waals surface area (Å²) < 4.78 is 0.900. The van der Waals surface area contributed by atoms with E-state index in [-0.39, 0.29) is 11.9 Å². The van der Waals surface area contributed by atoms with Crippen molar-refractivity contribution in [3.8, 4) is 0 Å². The van der Waals surface area contributed by atoms with E-state index in [1.807, 2.05) is 32.2 Å². The van der Waals surface area contributed by atoms with E-state index in [0.717, 1.165) is 22.0 Å². The topological polar surface area (TPSA) is 54.9 Å². The Balaban J connectivity index is 2.14. The van der Waals surface area contributed by atoms with Crippen LogP contribution in [0.4, 0.5) is 0 Å². The SMILES string of the molecule is CCC(NC(=O)c1csc(SC)n1)c1ncccc1C. The summed E-state index contributed by atoms with van der Waals surface area (Å²) in [7, 11) is 0. The Morgan fingerprint density at radius 2 is 2.35 bits per heavy atom. The zero-order valence-corrected chi connectivity index (χ0v) is 13.3. The summed E-state index contributed by atoms with van der Waals surface area (Å²) in [5.41, 5.74) is 2.48. The second kappa shape index (κ2) is 6.85. The molecule has 6 heteroatoms. The molecule has 1 unspecified atom stereocenters. The van der Waals surface area contributed by atoms with E-state index in [1.54, 1.807) is 23.3 Å². The van der Waals surface area contributed by atoms with Crippen LogP contribution in [0.25, 0.3) is 0 Å². The third-order valence-electron chi connectivity index (χ3n) is 2.98. The van der Waals surface area contributed by atoms with E-state index < -0.39 is 0 Å². The van der Waals surface area contributed by atoms with Crippen LogP contribution in [0.3, 0.4) is 0 Å². The van der Waals surface area contributed by atoms with Crippen molar-refractivity contribution < 1.29 is 4.79 Å². The lowest BCUT2D eigenvalue weighted by Crippen LogP contribution is -2.29. The zero-order chi connectivity index (χ0) is 14.5. The molecule has 0 bridgehead atoms. The zero-order valence-electron chi connectivity index (χ0n) is 11.7. The monoisotopic (exact) mass is 307 g/mol. The van der Waals surface area contributed by atoms with Gasteiger partial charge in [0.2, 0.25) is 0 Å². The smallest absolute Gasteiger partial charge is 0.271 e. The van der Waals surface area contributed by atoms with Crippen LogP contribution in [0.15, 0.2) is 28.0 Å². The molecule has 0 aliphatic carbocycles. The van der Waals surface area contributed by atoms with Gasteiger partial charge in [0.15, 0.2) is 0 Å². The quantitative estimate of drug-likeness (QED) is 0.860. The number of aromatic nitrogens is 2. The molecule has 1 amide bonds. The molecule has 1 atom stereocenters. The molecule has 2 rings (SSSR count). The van der Waals surface area contributed by atoms with Gasteiger partial charge in [-0.3, -0.25) is 9.78 Å². The normalized spacial score (nSPS) is 12.2. The van der Waals surface area contributed by atoms with Crippen molar-refractivity contribution in [1.29, 1.82) is 0 Å². The Bertz CT molecular complexity index is 598. The van der Waals surface area contributed by atoms with Gasteiger partial charge in [-0.05, 0) is 31.2 Å². The van der Waals surface area contributed by atoms with Crippen molar-refractivity contribution in [2.24, 2.45) is 0 Å². The molecule has 1 N–H and O–H groups in total. The van der Waals surface area contributed by atoms with Crippen LogP contribution < -0.4 is 5.32 Å². The number of nitrogens with one attached hydrogen (secondary N) is 1. The fraction of sp³-hybridized carbons (Fsp3) is 0.357. The number of rotatable bonds is 5. The second-order valence-corrected chi connectivity index (χ2v) is 6.25. The van der Waals surface area contributed by atoms with Crippen LogP contribution in [-0.4, -0.2) is 22.1 Å². The molecule has 2 aromatic heterocycles. The molecule has 2 aromatic rings. The summed E-state index contributed by atoms with van der Waals surface area (Å²) >= 11 is 3.03. The number of pyridine rings is 1. The molecule has 0 aliphatic heterocycles. The first-order valence-corrected chi connectivity index (χ1v) is 8.48. The predicted molar refractivity (Wildman–Crippen MR) is 83.4 cm³/mol. The summed E-state index contributed by atoms with van der Waals surface area (Å²) in [6.45, 7) is 4.04. The Labute approximate surface area is 127 Å². The second-order valence-electron chi connectivity index (χ2n) is 4.34. The fourth-order valence-corrected chi connectivity index (χ4v) is 3.16. The molecule has 0 radical (unpaired) electrons. The van der Waals surface area contributed by atoms with Crippen LogP contribution in [0.1, 0.15) is 41.1 Å². The molecule has 20 heavy (non-hydrogen) atoms. The Hall–Kier alpha value is -1.40. The molecule has 4 nitrogen and oxygen atoms in total. The van der Waals surface area contributed by atoms with E-state index in [2.05, 4.69) is 15.3 Å². The summed E-state index contributed by atoms with van der Waals surface area (Å²) in [6, 6.07) is 3.83. The van der Waals surface area contributed by atoms with Crippen LogP contribution in [0.5, 0.6) is 0 Å². The molecule has 0 spiro atoms. The number of hydrogen-bond acceptors (Lipinski definition) is 5. The first-order valence-electron chi connectivity index (χ1n) is 6.37. The van der Waals surface area contributed by atoms with Crippen LogP contribution in [0.2, 0.25) is 0 Å². The molecule has 2 heterocycles. The highest BCUT2D eigenvalue weighted by Crippen LogP contribution is 2.21. The van der Waals surface area contributed by atoms with E-state index in [4.69, 9.17) is 0 Å². The molecule has 106 valence electrons. The van der Waals surface area contributed by atoms with Gasteiger partial charge in [0, 0.05) is 11.6 Å². The summed E-state index contributed by atoms with van der Waals surface area (Å²) in [6.07, 6.45) is 4.50. The van der Waals surface area contributed by atoms with Crippen molar-refractivity contribution in [2.45, 2.75) is 30.6 Å². The van der Waals surface area contributed by atoms with Gasteiger partial charge >= 0.3 is 0 Å². The van der Waals surface area contributed by atoms with Gasteiger partial charge in [-0.2, -0.15) is 0 Å². The number of nitrogens with zero attached hydrogens (tertiary/aromatic N) is 2. The fourth-order valence-electron chi connectivity index (χ4n) is 1.91. The van der Waals surface area contributed by atoms with E-state index in [0.29, 0.717) is 5.69 Å². The van der Waals surface area contributed by atoms with E-state index >= 15 is 0 Å². The maximum absolute atomic E-state index is 12.2. The minimum Gasteiger partial charge on any atom is -0.342 e. The Kier molecular flexibility index (Phi) is 5.14. The molecular weight excluding hydrogens is 290 g/mol. The van der Waals surface area contributed by atoms with Gasteiger partial charge in [0.25, 0.3) is 5.91 Å². The highest BCUT2D eigenvalue weighted by atomic mass is 32.2. The third-order valence-corrected chi connectivity index (χ3v) is 4.85. The Morgan fingerprint density at radius 1 is 1.55 bits per heavy atom. The number of carbonyl (C=O) groups excluding carboxylic acids is 1. The summed E-state index contributed by atoms with van der Waals surface area (Å²) in [5.74, 6) is -0.140. The summed E-state index contributed by atoms with van der Waals surface area (Å²) in [5, 5.41) is 4.80. The van der Waals surface area contributed by atoms with Gasteiger partial charge in [-0.25, -0.2) is 4.98 Å². The summed E-state index contributed by atoms with van der Waals surface area (Å²) in [4.78, 5) is 20.9. The van der Waals surface area contributed by atoms with Crippen molar-refractivity contribution in [3.05, 3.63) is 40.7 Å².